The molecule has 1 aliphatic rings. The van der Waals surface area contributed by atoms with Gasteiger partial charge in [-0.3, -0.25) is 9.78 Å². The summed E-state index contributed by atoms with van der Waals surface area (Å²) in [7, 11) is 0. The Morgan fingerprint density at radius 3 is 2.95 bits per heavy atom. The molecule has 4 N–H and O–H groups in total. The first-order valence-corrected chi connectivity index (χ1v) is 6.36. The molecule has 0 aliphatic carbocycles. The fourth-order valence-electron chi connectivity index (χ4n) is 2.80. The van der Waals surface area contributed by atoms with E-state index in [1.165, 1.54) is 0 Å². The molecular formula is C14H16N4O. The van der Waals surface area contributed by atoms with Crippen LogP contribution in [0.4, 0.5) is 11.4 Å². The average Bonchev–Trinajstić information content (AvgIpc) is 2.89. The summed E-state index contributed by atoms with van der Waals surface area (Å²) in [5.41, 5.74) is 13.2. The van der Waals surface area contributed by atoms with Gasteiger partial charge in [-0.15, -0.1) is 0 Å². The highest BCUT2D eigenvalue weighted by atomic mass is 16.1. The largest absolute Gasteiger partial charge is 0.398 e. The highest BCUT2D eigenvalue weighted by molar-refractivity contribution is 6.02. The quantitative estimate of drug-likeness (QED) is 0.792. The van der Waals surface area contributed by atoms with Gasteiger partial charge in [0.25, 0.3) is 0 Å². The van der Waals surface area contributed by atoms with Crippen molar-refractivity contribution in [1.29, 1.82) is 0 Å². The van der Waals surface area contributed by atoms with E-state index in [2.05, 4.69) is 9.88 Å². The van der Waals surface area contributed by atoms with Gasteiger partial charge in [0.2, 0.25) is 5.91 Å². The fourth-order valence-corrected chi connectivity index (χ4v) is 2.80. The Balaban J connectivity index is 2.15. The molecule has 1 amide bonds. The summed E-state index contributed by atoms with van der Waals surface area (Å²) >= 11 is 0. The lowest BCUT2D eigenvalue weighted by Gasteiger charge is -2.26. The summed E-state index contributed by atoms with van der Waals surface area (Å²) in [4.78, 5) is 17.7. The summed E-state index contributed by atoms with van der Waals surface area (Å²) in [6, 6.07) is 5.48. The first-order chi connectivity index (χ1) is 9.18. The van der Waals surface area contributed by atoms with Crippen LogP contribution in [-0.2, 0) is 4.79 Å². The molecule has 2 heterocycles. The third kappa shape index (κ3) is 1.87. The number of hydrogen-bond acceptors (Lipinski definition) is 4. The van der Waals surface area contributed by atoms with Gasteiger partial charge in [-0.25, -0.2) is 0 Å². The van der Waals surface area contributed by atoms with Crippen molar-refractivity contribution < 1.29 is 4.79 Å². The molecule has 1 atom stereocenters. The van der Waals surface area contributed by atoms with E-state index in [9.17, 15) is 4.79 Å². The number of nitrogen functional groups attached to an aromatic ring is 1. The Labute approximate surface area is 111 Å². The molecule has 0 radical (unpaired) electrons. The summed E-state index contributed by atoms with van der Waals surface area (Å²) in [5.74, 6) is -0.272. The van der Waals surface area contributed by atoms with Crippen molar-refractivity contribution in [2.24, 2.45) is 5.73 Å². The van der Waals surface area contributed by atoms with Crippen LogP contribution in [0, 0.1) is 0 Å². The van der Waals surface area contributed by atoms with Crippen molar-refractivity contribution in [1.82, 2.24) is 4.98 Å². The molecule has 3 rings (SSSR count). The van der Waals surface area contributed by atoms with Crippen molar-refractivity contribution in [2.45, 2.75) is 18.9 Å². The lowest BCUT2D eigenvalue weighted by atomic mass is 10.1. The Bertz CT molecular complexity index is 640. The van der Waals surface area contributed by atoms with E-state index >= 15 is 0 Å². The van der Waals surface area contributed by atoms with E-state index in [0.29, 0.717) is 0 Å². The molecule has 0 bridgehead atoms. The fraction of sp³-hybridized carbons (Fsp3) is 0.286. The molecule has 1 aliphatic heterocycles. The standard InChI is InChI=1S/C14H16N4O/c15-11-3-4-12(10-8-17-6-5-9(10)11)18-7-1-2-13(18)14(16)19/h3-6,8,13H,1-2,7,15H2,(H2,16,19). The third-order valence-electron chi connectivity index (χ3n) is 3.72. The minimum absolute atomic E-state index is 0.230. The second-order valence-electron chi connectivity index (χ2n) is 4.85. The number of primary amides is 1. The first kappa shape index (κ1) is 11.8. The van der Waals surface area contributed by atoms with Gasteiger partial charge in [-0.1, -0.05) is 0 Å². The van der Waals surface area contributed by atoms with Crippen LogP contribution in [0.5, 0.6) is 0 Å². The number of hydrogen-bond donors (Lipinski definition) is 2. The number of anilines is 2. The minimum atomic E-state index is -0.272. The van der Waals surface area contributed by atoms with E-state index in [1.807, 2.05) is 18.2 Å². The van der Waals surface area contributed by atoms with Crippen molar-refractivity contribution in [3.05, 3.63) is 30.6 Å². The smallest absolute Gasteiger partial charge is 0.240 e. The van der Waals surface area contributed by atoms with Crippen LogP contribution >= 0.6 is 0 Å². The highest BCUT2D eigenvalue weighted by Crippen LogP contribution is 2.34. The predicted octanol–water partition coefficient (Wildman–Crippen LogP) is 1.27. The number of nitrogens with two attached hydrogens (primary N) is 2. The Hall–Kier alpha value is -2.30. The Morgan fingerprint density at radius 2 is 2.16 bits per heavy atom. The molecule has 1 saturated heterocycles. The molecule has 1 aromatic carbocycles. The van der Waals surface area contributed by atoms with Gasteiger partial charge in [-0.2, -0.15) is 0 Å². The van der Waals surface area contributed by atoms with Crippen LogP contribution in [0.3, 0.4) is 0 Å². The van der Waals surface area contributed by atoms with Crippen LogP contribution in [0.2, 0.25) is 0 Å². The zero-order chi connectivity index (χ0) is 13.4. The van der Waals surface area contributed by atoms with Gasteiger partial charge in [0.1, 0.15) is 6.04 Å². The van der Waals surface area contributed by atoms with Gasteiger partial charge < -0.3 is 16.4 Å². The van der Waals surface area contributed by atoms with Crippen LogP contribution in [0.25, 0.3) is 10.8 Å². The Kier molecular flexibility index (Phi) is 2.74. The zero-order valence-corrected chi connectivity index (χ0v) is 10.5. The van der Waals surface area contributed by atoms with Crippen molar-refractivity contribution in [3.8, 4) is 0 Å². The summed E-state index contributed by atoms with van der Waals surface area (Å²) in [5, 5.41) is 1.93. The number of pyridine rings is 1. The molecule has 19 heavy (non-hydrogen) atoms. The number of nitrogens with zero attached hydrogens (tertiary/aromatic N) is 2. The lowest BCUT2D eigenvalue weighted by molar-refractivity contribution is -0.119. The van der Waals surface area contributed by atoms with Crippen LogP contribution in [-0.4, -0.2) is 23.5 Å². The third-order valence-corrected chi connectivity index (χ3v) is 3.72. The number of aromatic nitrogens is 1. The predicted molar refractivity (Wildman–Crippen MR) is 75.7 cm³/mol. The Morgan fingerprint density at radius 1 is 1.32 bits per heavy atom. The van der Waals surface area contributed by atoms with E-state index in [4.69, 9.17) is 11.5 Å². The topological polar surface area (TPSA) is 85.2 Å². The van der Waals surface area contributed by atoms with E-state index in [0.717, 1.165) is 41.5 Å². The summed E-state index contributed by atoms with van der Waals surface area (Å²) in [6.07, 6.45) is 5.29. The SMILES string of the molecule is NC(=O)C1CCCN1c1ccc(N)c2ccncc12. The molecule has 0 saturated carbocycles. The number of benzene rings is 1. The zero-order valence-electron chi connectivity index (χ0n) is 10.5. The van der Waals surface area contributed by atoms with Gasteiger partial charge >= 0.3 is 0 Å². The summed E-state index contributed by atoms with van der Waals surface area (Å²) in [6.45, 7) is 0.835. The van der Waals surface area contributed by atoms with Crippen LogP contribution in [0.15, 0.2) is 30.6 Å². The van der Waals surface area contributed by atoms with E-state index in [-0.39, 0.29) is 11.9 Å². The molecule has 1 fully saturated rings. The van der Waals surface area contributed by atoms with E-state index in [1.54, 1.807) is 12.4 Å². The number of carbonyl (C=O) groups is 1. The molecule has 1 aromatic heterocycles. The van der Waals surface area contributed by atoms with Gasteiger partial charge in [0, 0.05) is 41.1 Å². The first-order valence-electron chi connectivity index (χ1n) is 6.36. The normalized spacial score (nSPS) is 18.9. The number of amides is 1. The molecule has 0 spiro atoms. The second kappa shape index (κ2) is 4.42. The molecular weight excluding hydrogens is 240 g/mol. The monoisotopic (exact) mass is 256 g/mol. The van der Waals surface area contributed by atoms with Crippen LogP contribution < -0.4 is 16.4 Å². The van der Waals surface area contributed by atoms with E-state index < -0.39 is 0 Å². The van der Waals surface area contributed by atoms with Gasteiger partial charge in [-0.05, 0) is 31.0 Å². The molecule has 98 valence electrons. The number of fused-ring (bicyclic) bond motifs is 1. The maximum absolute atomic E-state index is 11.5. The van der Waals surface area contributed by atoms with Crippen molar-refractivity contribution in [2.75, 3.05) is 17.2 Å². The summed E-state index contributed by atoms with van der Waals surface area (Å²) < 4.78 is 0. The van der Waals surface area contributed by atoms with Gasteiger partial charge in [0.05, 0.1) is 0 Å². The average molecular weight is 256 g/mol. The molecule has 2 aromatic rings. The van der Waals surface area contributed by atoms with Gasteiger partial charge in [0.15, 0.2) is 0 Å². The van der Waals surface area contributed by atoms with Crippen LogP contribution in [0.1, 0.15) is 12.8 Å². The minimum Gasteiger partial charge on any atom is -0.398 e. The molecule has 1 unspecified atom stereocenters. The number of rotatable bonds is 2. The van der Waals surface area contributed by atoms with Crippen molar-refractivity contribution in [3.63, 3.8) is 0 Å². The maximum atomic E-state index is 11.5. The molecule has 5 heteroatoms. The lowest BCUT2D eigenvalue weighted by Crippen LogP contribution is -2.40. The number of carbonyl (C=O) groups excluding carboxylic acids is 1. The molecule has 5 nitrogen and oxygen atoms in total. The highest BCUT2D eigenvalue weighted by Gasteiger charge is 2.30. The maximum Gasteiger partial charge on any atom is 0.240 e. The second-order valence-corrected chi connectivity index (χ2v) is 4.85. The van der Waals surface area contributed by atoms with Crippen molar-refractivity contribution >= 4 is 28.1 Å².